The number of aromatic nitrogens is 1. The highest BCUT2D eigenvalue weighted by Crippen LogP contribution is 2.34. The monoisotopic (exact) mass is 424 g/mol. The molecule has 2 heterocycles. The van der Waals surface area contributed by atoms with Crippen LogP contribution in [-0.2, 0) is 11.3 Å². The van der Waals surface area contributed by atoms with Gasteiger partial charge in [-0.3, -0.25) is 4.79 Å². The molecular weight excluding hydrogens is 407 g/mol. The van der Waals surface area contributed by atoms with Gasteiger partial charge in [-0.05, 0) is 12.1 Å². The summed E-state index contributed by atoms with van der Waals surface area (Å²) in [5.74, 6) is -0.266. The van der Waals surface area contributed by atoms with Crippen molar-refractivity contribution in [2.24, 2.45) is 5.73 Å². The van der Waals surface area contributed by atoms with Gasteiger partial charge in [0.15, 0.2) is 0 Å². The van der Waals surface area contributed by atoms with E-state index in [1.54, 1.807) is 5.38 Å². The fraction of sp³-hybridized carbons (Fsp3) is 0.333. The predicted molar refractivity (Wildman–Crippen MR) is 107 cm³/mol. The van der Waals surface area contributed by atoms with Crippen LogP contribution in [0.3, 0.4) is 0 Å². The van der Waals surface area contributed by atoms with Gasteiger partial charge in [0.1, 0.15) is 10.7 Å². The molecular formula is C15H19Cl3N4O2S. The molecule has 1 amide bonds. The van der Waals surface area contributed by atoms with Crippen LogP contribution in [0.4, 0.5) is 11.4 Å². The second-order valence-electron chi connectivity index (χ2n) is 5.02. The fourth-order valence-electron chi connectivity index (χ4n) is 2.42. The Morgan fingerprint density at radius 3 is 2.72 bits per heavy atom. The largest absolute Gasteiger partial charge is 0.378 e. The highest BCUT2D eigenvalue weighted by atomic mass is 35.5. The number of amides is 1. The summed E-state index contributed by atoms with van der Waals surface area (Å²) in [6, 6.07) is 5.47. The molecule has 2 aromatic rings. The summed E-state index contributed by atoms with van der Waals surface area (Å²) in [6.45, 7) is 3.09. The van der Waals surface area contributed by atoms with Gasteiger partial charge in [0.05, 0.1) is 29.6 Å². The van der Waals surface area contributed by atoms with E-state index in [0.717, 1.165) is 23.8 Å². The number of rotatable bonds is 4. The number of halogens is 3. The van der Waals surface area contributed by atoms with E-state index in [0.29, 0.717) is 36.2 Å². The lowest BCUT2D eigenvalue weighted by atomic mass is 10.2. The van der Waals surface area contributed by atoms with Gasteiger partial charge >= 0.3 is 0 Å². The molecule has 1 aromatic carbocycles. The van der Waals surface area contributed by atoms with E-state index in [2.05, 4.69) is 15.2 Å². The topological polar surface area (TPSA) is 80.5 Å². The summed E-state index contributed by atoms with van der Waals surface area (Å²) in [5.41, 5.74) is 7.39. The molecule has 1 fully saturated rings. The van der Waals surface area contributed by atoms with Crippen LogP contribution in [0, 0.1) is 0 Å². The highest BCUT2D eigenvalue weighted by Gasteiger charge is 2.20. The molecule has 0 saturated carbocycles. The van der Waals surface area contributed by atoms with Gasteiger partial charge in [0, 0.05) is 25.0 Å². The van der Waals surface area contributed by atoms with Gasteiger partial charge in [-0.1, -0.05) is 17.7 Å². The summed E-state index contributed by atoms with van der Waals surface area (Å²) < 4.78 is 5.37. The highest BCUT2D eigenvalue weighted by molar-refractivity contribution is 7.09. The van der Waals surface area contributed by atoms with Crippen molar-refractivity contribution in [2.45, 2.75) is 6.54 Å². The van der Waals surface area contributed by atoms with Crippen LogP contribution < -0.4 is 16.0 Å². The third-order valence-corrected chi connectivity index (χ3v) is 4.70. The molecule has 3 rings (SSSR count). The molecule has 1 saturated heterocycles. The number of carbonyl (C=O) groups is 1. The summed E-state index contributed by atoms with van der Waals surface area (Å²) in [5, 5.41) is 5.94. The molecule has 0 atom stereocenters. The predicted octanol–water partition coefficient (Wildman–Crippen LogP) is 3.19. The van der Waals surface area contributed by atoms with Gasteiger partial charge in [-0.25, -0.2) is 4.98 Å². The van der Waals surface area contributed by atoms with Crippen LogP contribution in [0.15, 0.2) is 23.6 Å². The maximum absolute atomic E-state index is 12.4. The van der Waals surface area contributed by atoms with Crippen LogP contribution >= 0.6 is 47.8 Å². The van der Waals surface area contributed by atoms with Gasteiger partial charge in [-0.15, -0.1) is 36.2 Å². The number of ether oxygens (including phenoxy) is 1. The van der Waals surface area contributed by atoms with Crippen LogP contribution in [0.1, 0.15) is 15.5 Å². The van der Waals surface area contributed by atoms with Crippen molar-refractivity contribution >= 4 is 65.0 Å². The van der Waals surface area contributed by atoms with Gasteiger partial charge in [-0.2, -0.15) is 0 Å². The molecule has 25 heavy (non-hydrogen) atoms. The summed E-state index contributed by atoms with van der Waals surface area (Å²) >= 11 is 7.73. The maximum atomic E-state index is 12.4. The van der Waals surface area contributed by atoms with Crippen LogP contribution in [0.5, 0.6) is 0 Å². The Balaban J connectivity index is 0.00000156. The van der Waals surface area contributed by atoms with Crippen molar-refractivity contribution in [3.63, 3.8) is 0 Å². The summed E-state index contributed by atoms with van der Waals surface area (Å²) in [4.78, 5) is 18.7. The zero-order valence-corrected chi connectivity index (χ0v) is 16.4. The van der Waals surface area contributed by atoms with Crippen molar-refractivity contribution < 1.29 is 9.53 Å². The van der Waals surface area contributed by atoms with Crippen molar-refractivity contribution in [3.05, 3.63) is 39.3 Å². The summed E-state index contributed by atoms with van der Waals surface area (Å²) in [6.07, 6.45) is 0. The standard InChI is InChI=1S/C15H17ClN4O2S.2ClH/c16-10-2-1-3-11(14(10)20-4-6-22-7-5-20)19-15(21)12-9-23-13(8-17)18-12;;/h1-3,9H,4-8,17H2,(H,19,21);2*1H. The minimum absolute atomic E-state index is 0. The molecule has 1 aromatic heterocycles. The first kappa shape index (κ1) is 22.0. The Labute approximate surface area is 167 Å². The minimum Gasteiger partial charge on any atom is -0.378 e. The van der Waals surface area contributed by atoms with E-state index >= 15 is 0 Å². The average Bonchev–Trinajstić information content (AvgIpc) is 3.05. The van der Waals surface area contributed by atoms with E-state index in [-0.39, 0.29) is 30.7 Å². The number of nitrogens with two attached hydrogens (primary N) is 1. The number of benzene rings is 1. The minimum atomic E-state index is -0.266. The number of carbonyl (C=O) groups excluding carboxylic acids is 1. The van der Waals surface area contributed by atoms with Crippen molar-refractivity contribution in [1.82, 2.24) is 4.98 Å². The van der Waals surface area contributed by atoms with Crippen molar-refractivity contribution in [2.75, 3.05) is 36.5 Å². The van der Waals surface area contributed by atoms with E-state index < -0.39 is 0 Å². The molecule has 138 valence electrons. The SMILES string of the molecule is Cl.Cl.NCc1nc(C(=O)Nc2cccc(Cl)c2N2CCOCC2)cs1. The third-order valence-electron chi connectivity index (χ3n) is 3.52. The number of thiazole rings is 1. The maximum Gasteiger partial charge on any atom is 0.275 e. The van der Waals surface area contributed by atoms with E-state index in [1.807, 2.05) is 18.2 Å². The lowest BCUT2D eigenvalue weighted by molar-refractivity contribution is 0.102. The molecule has 0 aliphatic carbocycles. The first-order valence-corrected chi connectivity index (χ1v) is 8.52. The summed E-state index contributed by atoms with van der Waals surface area (Å²) in [7, 11) is 0. The smallest absolute Gasteiger partial charge is 0.275 e. The molecule has 3 N–H and O–H groups in total. The number of nitrogens with zero attached hydrogens (tertiary/aromatic N) is 2. The molecule has 0 bridgehead atoms. The first-order valence-electron chi connectivity index (χ1n) is 7.26. The normalized spacial score (nSPS) is 13.6. The Hall–Kier alpha value is -1.09. The number of morpholine rings is 1. The zero-order chi connectivity index (χ0) is 16.2. The molecule has 10 heteroatoms. The van der Waals surface area contributed by atoms with E-state index in [1.165, 1.54) is 11.3 Å². The third kappa shape index (κ3) is 5.20. The van der Waals surface area contributed by atoms with Crippen LogP contribution in [0.25, 0.3) is 0 Å². The number of para-hydroxylation sites is 1. The van der Waals surface area contributed by atoms with Gasteiger partial charge in [0.2, 0.25) is 0 Å². The van der Waals surface area contributed by atoms with Crippen molar-refractivity contribution in [1.29, 1.82) is 0 Å². The van der Waals surface area contributed by atoms with Gasteiger partial charge < -0.3 is 20.7 Å². The van der Waals surface area contributed by atoms with Crippen LogP contribution in [0.2, 0.25) is 5.02 Å². The average molecular weight is 426 g/mol. The van der Waals surface area contributed by atoms with E-state index in [4.69, 9.17) is 22.1 Å². The molecule has 0 radical (unpaired) electrons. The first-order chi connectivity index (χ1) is 11.2. The number of nitrogens with one attached hydrogen (secondary N) is 1. The molecule has 0 unspecified atom stereocenters. The van der Waals surface area contributed by atoms with Crippen molar-refractivity contribution in [3.8, 4) is 0 Å². The quantitative estimate of drug-likeness (QED) is 0.786. The van der Waals surface area contributed by atoms with Crippen LogP contribution in [-0.4, -0.2) is 37.2 Å². The van der Waals surface area contributed by atoms with E-state index in [9.17, 15) is 4.79 Å². The molecule has 1 aliphatic rings. The molecule has 1 aliphatic heterocycles. The Morgan fingerprint density at radius 2 is 2.08 bits per heavy atom. The zero-order valence-electron chi connectivity index (χ0n) is 13.2. The second kappa shape index (κ2) is 10.2. The van der Waals surface area contributed by atoms with Gasteiger partial charge in [0.25, 0.3) is 5.91 Å². The fourth-order valence-corrected chi connectivity index (χ4v) is 3.37. The Bertz CT molecular complexity index is 708. The molecule has 0 spiro atoms. The lowest BCUT2D eigenvalue weighted by Crippen LogP contribution is -2.37. The second-order valence-corrected chi connectivity index (χ2v) is 6.37. The lowest BCUT2D eigenvalue weighted by Gasteiger charge is -2.31. The number of hydrogen-bond donors (Lipinski definition) is 2. The Kier molecular flexibility index (Phi) is 8.92. The number of anilines is 2. The molecule has 6 nitrogen and oxygen atoms in total. The number of hydrogen-bond acceptors (Lipinski definition) is 6. The Morgan fingerprint density at radius 1 is 1.36 bits per heavy atom.